The molecule has 1 heterocycles. The molecule has 3 rings (SSSR count). The molecule has 2 aromatic carbocycles. The minimum Gasteiger partial charge on any atom is -0.345 e. The van der Waals surface area contributed by atoms with Crippen LogP contribution >= 0.6 is 0 Å². The zero-order chi connectivity index (χ0) is 21.7. The maximum atomic E-state index is 12.8. The quantitative estimate of drug-likeness (QED) is 0.738. The minimum atomic E-state index is -3.24. The molecular weight excluding hydrogens is 402 g/mol. The lowest BCUT2D eigenvalue weighted by atomic mass is 9.97. The van der Waals surface area contributed by atoms with E-state index in [0.29, 0.717) is 37.2 Å². The standard InChI is InChI=1S/C22H27N3O4S/c1-16(17-8-4-3-5-9-17)23-22(27)19-10-6-7-11-20(19)24-21(26)18-12-14-25(15-13-18)30(2,28)29/h3-11,16,18H,12-15H2,1-2H3,(H,23,27)(H,24,26). The van der Waals surface area contributed by atoms with E-state index >= 15 is 0 Å². The van der Waals surface area contributed by atoms with Crippen LogP contribution in [0.25, 0.3) is 0 Å². The van der Waals surface area contributed by atoms with Crippen LogP contribution in [-0.4, -0.2) is 43.9 Å². The van der Waals surface area contributed by atoms with Crippen molar-refractivity contribution in [3.8, 4) is 0 Å². The monoisotopic (exact) mass is 429 g/mol. The molecule has 1 aliphatic rings. The van der Waals surface area contributed by atoms with Crippen molar-refractivity contribution in [1.29, 1.82) is 0 Å². The number of nitrogens with zero attached hydrogens (tertiary/aromatic N) is 1. The van der Waals surface area contributed by atoms with E-state index in [1.807, 2.05) is 37.3 Å². The summed E-state index contributed by atoms with van der Waals surface area (Å²) in [6.07, 6.45) is 2.09. The summed E-state index contributed by atoms with van der Waals surface area (Å²) < 4.78 is 24.7. The first-order valence-electron chi connectivity index (χ1n) is 9.96. The summed E-state index contributed by atoms with van der Waals surface area (Å²) in [5.41, 5.74) is 1.83. The molecule has 1 atom stereocenters. The van der Waals surface area contributed by atoms with Gasteiger partial charge in [0.25, 0.3) is 5.91 Å². The van der Waals surface area contributed by atoms with Crippen molar-refractivity contribution in [2.45, 2.75) is 25.8 Å². The van der Waals surface area contributed by atoms with Crippen molar-refractivity contribution in [2.75, 3.05) is 24.7 Å². The summed E-state index contributed by atoms with van der Waals surface area (Å²) in [6, 6.07) is 16.4. The van der Waals surface area contributed by atoms with Gasteiger partial charge in [-0.2, -0.15) is 0 Å². The Kier molecular flexibility index (Phi) is 6.89. The Morgan fingerprint density at radius 3 is 2.23 bits per heavy atom. The lowest BCUT2D eigenvalue weighted by Crippen LogP contribution is -2.41. The van der Waals surface area contributed by atoms with Gasteiger partial charge in [0.2, 0.25) is 15.9 Å². The highest BCUT2D eigenvalue weighted by Gasteiger charge is 2.29. The van der Waals surface area contributed by atoms with E-state index in [4.69, 9.17) is 0 Å². The van der Waals surface area contributed by atoms with Gasteiger partial charge in [0.1, 0.15) is 0 Å². The highest BCUT2D eigenvalue weighted by Crippen LogP contribution is 2.23. The second kappa shape index (κ2) is 9.40. The predicted octanol–water partition coefficient (Wildman–Crippen LogP) is 2.79. The third-order valence-electron chi connectivity index (χ3n) is 5.37. The fourth-order valence-corrected chi connectivity index (χ4v) is 4.45. The molecule has 1 aliphatic heterocycles. The zero-order valence-electron chi connectivity index (χ0n) is 17.2. The van der Waals surface area contributed by atoms with E-state index in [1.54, 1.807) is 24.3 Å². The molecule has 0 saturated carbocycles. The highest BCUT2D eigenvalue weighted by atomic mass is 32.2. The molecule has 0 bridgehead atoms. The number of benzene rings is 2. The van der Waals surface area contributed by atoms with Gasteiger partial charge in [-0.1, -0.05) is 42.5 Å². The second-order valence-electron chi connectivity index (χ2n) is 7.58. The third kappa shape index (κ3) is 5.46. The molecule has 2 N–H and O–H groups in total. The van der Waals surface area contributed by atoms with Gasteiger partial charge in [-0.25, -0.2) is 12.7 Å². The lowest BCUT2D eigenvalue weighted by Gasteiger charge is -2.29. The first-order chi connectivity index (χ1) is 14.3. The van der Waals surface area contributed by atoms with Crippen LogP contribution in [0.1, 0.15) is 41.7 Å². The van der Waals surface area contributed by atoms with Crippen molar-refractivity contribution < 1.29 is 18.0 Å². The van der Waals surface area contributed by atoms with E-state index in [9.17, 15) is 18.0 Å². The number of carbonyl (C=O) groups excluding carboxylic acids is 2. The van der Waals surface area contributed by atoms with Gasteiger partial charge in [0, 0.05) is 19.0 Å². The molecule has 0 aliphatic carbocycles. The van der Waals surface area contributed by atoms with Crippen LogP contribution in [0.15, 0.2) is 54.6 Å². The number of piperidine rings is 1. The van der Waals surface area contributed by atoms with Crippen LogP contribution in [-0.2, 0) is 14.8 Å². The number of sulfonamides is 1. The average molecular weight is 430 g/mol. The Labute approximate surface area is 177 Å². The molecule has 7 nitrogen and oxygen atoms in total. The van der Waals surface area contributed by atoms with Crippen molar-refractivity contribution in [1.82, 2.24) is 9.62 Å². The number of anilines is 1. The summed E-state index contributed by atoms with van der Waals surface area (Å²) in [6.45, 7) is 2.56. The summed E-state index contributed by atoms with van der Waals surface area (Å²) >= 11 is 0. The Bertz CT molecular complexity index is 1000. The molecule has 1 unspecified atom stereocenters. The Hall–Kier alpha value is -2.71. The zero-order valence-corrected chi connectivity index (χ0v) is 18.0. The molecule has 2 aromatic rings. The molecule has 0 spiro atoms. The third-order valence-corrected chi connectivity index (χ3v) is 6.67. The summed E-state index contributed by atoms with van der Waals surface area (Å²) in [5.74, 6) is -0.754. The van der Waals surface area contributed by atoms with Crippen LogP contribution in [0.4, 0.5) is 5.69 Å². The van der Waals surface area contributed by atoms with Crippen molar-refractivity contribution in [2.24, 2.45) is 5.92 Å². The smallest absolute Gasteiger partial charge is 0.253 e. The van der Waals surface area contributed by atoms with E-state index in [2.05, 4.69) is 10.6 Å². The summed E-state index contributed by atoms with van der Waals surface area (Å²) in [5, 5.41) is 5.82. The Morgan fingerprint density at radius 2 is 1.60 bits per heavy atom. The van der Waals surface area contributed by atoms with Crippen LogP contribution in [0.3, 0.4) is 0 Å². The number of amides is 2. The fraction of sp³-hybridized carbons (Fsp3) is 0.364. The molecular formula is C22H27N3O4S. The van der Waals surface area contributed by atoms with Crippen LogP contribution < -0.4 is 10.6 Å². The number of hydrogen-bond acceptors (Lipinski definition) is 4. The fourth-order valence-electron chi connectivity index (χ4n) is 3.57. The average Bonchev–Trinajstić information content (AvgIpc) is 2.74. The van der Waals surface area contributed by atoms with Crippen LogP contribution in [0.5, 0.6) is 0 Å². The van der Waals surface area contributed by atoms with E-state index in [1.165, 1.54) is 10.6 Å². The van der Waals surface area contributed by atoms with Gasteiger partial charge in [0.05, 0.1) is 23.5 Å². The van der Waals surface area contributed by atoms with Gasteiger partial charge in [-0.15, -0.1) is 0 Å². The predicted molar refractivity (Wildman–Crippen MR) is 117 cm³/mol. The van der Waals surface area contributed by atoms with Gasteiger partial charge >= 0.3 is 0 Å². The topological polar surface area (TPSA) is 95.6 Å². The normalized spacial score (nSPS) is 16.6. The van der Waals surface area contributed by atoms with Gasteiger partial charge in [-0.3, -0.25) is 9.59 Å². The molecule has 0 aromatic heterocycles. The molecule has 0 radical (unpaired) electrons. The number of rotatable bonds is 6. The molecule has 160 valence electrons. The number of carbonyl (C=O) groups is 2. The van der Waals surface area contributed by atoms with Gasteiger partial charge in [-0.05, 0) is 37.5 Å². The summed E-state index contributed by atoms with van der Waals surface area (Å²) in [4.78, 5) is 25.6. The largest absolute Gasteiger partial charge is 0.345 e. The van der Waals surface area contributed by atoms with Crippen LogP contribution in [0.2, 0.25) is 0 Å². The highest BCUT2D eigenvalue weighted by molar-refractivity contribution is 7.88. The Morgan fingerprint density at radius 1 is 1.00 bits per heavy atom. The maximum Gasteiger partial charge on any atom is 0.253 e. The number of nitrogens with one attached hydrogen (secondary N) is 2. The van der Waals surface area contributed by atoms with Crippen molar-refractivity contribution in [3.63, 3.8) is 0 Å². The second-order valence-corrected chi connectivity index (χ2v) is 9.56. The Balaban J connectivity index is 1.65. The summed E-state index contributed by atoms with van der Waals surface area (Å²) in [7, 11) is -3.24. The molecule has 8 heteroatoms. The molecule has 1 fully saturated rings. The number of hydrogen-bond donors (Lipinski definition) is 2. The van der Waals surface area contributed by atoms with Crippen molar-refractivity contribution in [3.05, 3.63) is 65.7 Å². The van der Waals surface area contributed by atoms with Gasteiger partial charge in [0.15, 0.2) is 0 Å². The minimum absolute atomic E-state index is 0.178. The first-order valence-corrected chi connectivity index (χ1v) is 11.8. The lowest BCUT2D eigenvalue weighted by molar-refractivity contribution is -0.120. The van der Waals surface area contributed by atoms with E-state index < -0.39 is 10.0 Å². The SMILES string of the molecule is CC(NC(=O)c1ccccc1NC(=O)C1CCN(S(C)(=O)=O)CC1)c1ccccc1. The molecule has 2 amide bonds. The molecule has 30 heavy (non-hydrogen) atoms. The van der Waals surface area contributed by atoms with E-state index in [0.717, 1.165) is 5.56 Å². The maximum absolute atomic E-state index is 12.8. The van der Waals surface area contributed by atoms with Crippen molar-refractivity contribution >= 4 is 27.5 Å². The number of para-hydroxylation sites is 1. The first kappa shape index (κ1) is 22.0. The van der Waals surface area contributed by atoms with Crippen LogP contribution in [0, 0.1) is 5.92 Å². The molecule has 1 saturated heterocycles. The van der Waals surface area contributed by atoms with Gasteiger partial charge < -0.3 is 10.6 Å². The van der Waals surface area contributed by atoms with E-state index in [-0.39, 0.29) is 23.8 Å².